The predicted octanol–water partition coefficient (Wildman–Crippen LogP) is -2.13. The topological polar surface area (TPSA) is 44.6 Å². The van der Waals surface area contributed by atoms with Crippen molar-refractivity contribution in [3.63, 3.8) is 0 Å². The SMILES string of the molecule is CC[NH+](CC(Cl)c1ccc(Cl)cc1)C(=O)[O-].[Cl-]. The van der Waals surface area contributed by atoms with Crippen LogP contribution in [0.5, 0.6) is 0 Å². The highest BCUT2D eigenvalue weighted by molar-refractivity contribution is 6.30. The van der Waals surface area contributed by atoms with Crippen molar-refractivity contribution in [1.29, 1.82) is 0 Å². The Morgan fingerprint density at radius 2 is 1.94 bits per heavy atom. The zero-order valence-electron chi connectivity index (χ0n) is 9.25. The molecule has 1 amide bonds. The molecule has 0 aliphatic carbocycles. The van der Waals surface area contributed by atoms with E-state index in [1.54, 1.807) is 31.2 Å². The van der Waals surface area contributed by atoms with Crippen LogP contribution in [0.2, 0.25) is 5.02 Å². The van der Waals surface area contributed by atoms with E-state index in [1.165, 1.54) is 0 Å². The van der Waals surface area contributed by atoms with Crippen molar-refractivity contribution in [2.75, 3.05) is 13.1 Å². The first-order valence-electron chi connectivity index (χ1n) is 5.00. The fourth-order valence-corrected chi connectivity index (χ4v) is 1.84. The van der Waals surface area contributed by atoms with Gasteiger partial charge in [0, 0.05) is 5.02 Å². The van der Waals surface area contributed by atoms with Crippen molar-refractivity contribution in [2.24, 2.45) is 0 Å². The Morgan fingerprint density at radius 1 is 1.41 bits per heavy atom. The number of carboxylic acid groups (broad SMARTS) is 1. The lowest BCUT2D eigenvalue weighted by Crippen LogP contribution is -3.16. The van der Waals surface area contributed by atoms with Crippen LogP contribution in [0.25, 0.3) is 0 Å². The number of carbonyl (C=O) groups is 1. The van der Waals surface area contributed by atoms with Gasteiger partial charge in [0.15, 0.2) is 0 Å². The van der Waals surface area contributed by atoms with Crippen LogP contribution < -0.4 is 22.4 Å². The van der Waals surface area contributed by atoms with E-state index in [4.69, 9.17) is 23.2 Å². The molecule has 0 heterocycles. The first-order chi connectivity index (χ1) is 7.54. The molecular weight excluding hydrogens is 284 g/mol. The molecule has 6 heteroatoms. The van der Waals surface area contributed by atoms with Crippen molar-refractivity contribution in [3.8, 4) is 0 Å². The molecule has 1 rings (SSSR count). The summed E-state index contributed by atoms with van der Waals surface area (Å²) in [5.74, 6) is 0. The van der Waals surface area contributed by atoms with Crippen molar-refractivity contribution < 1.29 is 27.2 Å². The molecule has 96 valence electrons. The molecule has 2 atom stereocenters. The summed E-state index contributed by atoms with van der Waals surface area (Å²) in [7, 11) is 0. The highest BCUT2D eigenvalue weighted by Crippen LogP contribution is 2.20. The molecule has 2 unspecified atom stereocenters. The van der Waals surface area contributed by atoms with Gasteiger partial charge in [-0.25, -0.2) is 0 Å². The van der Waals surface area contributed by atoms with E-state index < -0.39 is 6.09 Å². The Labute approximate surface area is 117 Å². The van der Waals surface area contributed by atoms with Crippen molar-refractivity contribution in [2.45, 2.75) is 12.3 Å². The van der Waals surface area contributed by atoms with Gasteiger partial charge in [0.25, 0.3) is 6.09 Å². The van der Waals surface area contributed by atoms with E-state index in [9.17, 15) is 9.90 Å². The van der Waals surface area contributed by atoms with Crippen molar-refractivity contribution in [3.05, 3.63) is 34.9 Å². The van der Waals surface area contributed by atoms with Crippen LogP contribution in [0.1, 0.15) is 17.9 Å². The van der Waals surface area contributed by atoms with Crippen LogP contribution in [-0.4, -0.2) is 19.2 Å². The largest absolute Gasteiger partial charge is 1.00 e. The van der Waals surface area contributed by atoms with Gasteiger partial charge in [0.2, 0.25) is 0 Å². The van der Waals surface area contributed by atoms with E-state index in [0.29, 0.717) is 23.0 Å². The third-order valence-corrected chi connectivity index (χ3v) is 3.03. The number of quaternary nitrogens is 1. The van der Waals surface area contributed by atoms with Gasteiger partial charge >= 0.3 is 0 Å². The summed E-state index contributed by atoms with van der Waals surface area (Å²) in [6, 6.07) is 7.05. The molecule has 0 fully saturated rings. The first kappa shape index (κ1) is 16.5. The van der Waals surface area contributed by atoms with E-state index in [0.717, 1.165) is 5.56 Å². The number of alkyl halides is 1. The predicted molar refractivity (Wildman–Crippen MR) is 61.8 cm³/mol. The fraction of sp³-hybridized carbons (Fsp3) is 0.364. The first-order valence-corrected chi connectivity index (χ1v) is 5.81. The average molecular weight is 298 g/mol. The number of amides is 1. The highest BCUT2D eigenvalue weighted by Gasteiger charge is 2.16. The summed E-state index contributed by atoms with van der Waals surface area (Å²) < 4.78 is 0. The standard InChI is InChI=1S/C11H13Cl2NO2.ClH/c1-2-14(11(15)16)7-10(13)8-3-5-9(12)6-4-8;/h3-6,10H,2,7H2,1H3,(H,15,16);1H/p-1. The van der Waals surface area contributed by atoms with Gasteiger partial charge in [0.1, 0.15) is 11.9 Å². The Kier molecular flexibility index (Phi) is 7.55. The molecule has 3 nitrogen and oxygen atoms in total. The monoisotopic (exact) mass is 296 g/mol. The third-order valence-electron chi connectivity index (χ3n) is 2.37. The Balaban J connectivity index is 0.00000256. The minimum Gasteiger partial charge on any atom is -1.00 e. The summed E-state index contributed by atoms with van der Waals surface area (Å²) in [4.78, 5) is 11.1. The number of nitrogens with one attached hydrogen (secondary N) is 1. The van der Waals surface area contributed by atoms with Crippen LogP contribution in [0.15, 0.2) is 24.3 Å². The molecule has 1 aromatic carbocycles. The quantitative estimate of drug-likeness (QED) is 0.646. The number of likely N-dealkylation sites (N-methyl/N-ethyl adjacent to an activating group) is 1. The van der Waals surface area contributed by atoms with Crippen LogP contribution in [0, 0.1) is 0 Å². The van der Waals surface area contributed by atoms with Gasteiger partial charge in [-0.1, -0.05) is 23.7 Å². The van der Waals surface area contributed by atoms with E-state index in [-0.39, 0.29) is 17.8 Å². The molecule has 0 bridgehead atoms. The van der Waals surface area contributed by atoms with Gasteiger partial charge in [-0.3, -0.25) is 4.90 Å². The molecule has 1 N–H and O–H groups in total. The molecule has 0 aliphatic rings. The van der Waals surface area contributed by atoms with Gasteiger partial charge < -0.3 is 22.3 Å². The number of hydrogen-bond acceptors (Lipinski definition) is 2. The number of benzene rings is 1. The summed E-state index contributed by atoms with van der Waals surface area (Å²) in [5, 5.41) is 11.0. The van der Waals surface area contributed by atoms with Crippen LogP contribution in [-0.2, 0) is 0 Å². The molecule has 0 aromatic heterocycles. The van der Waals surface area contributed by atoms with Crippen LogP contribution in [0.3, 0.4) is 0 Å². The Morgan fingerprint density at radius 3 is 2.35 bits per heavy atom. The average Bonchev–Trinajstić information content (AvgIpc) is 2.26. The maximum atomic E-state index is 10.7. The van der Waals surface area contributed by atoms with Gasteiger partial charge in [0.05, 0.1) is 6.54 Å². The number of rotatable bonds is 4. The summed E-state index contributed by atoms with van der Waals surface area (Å²) >= 11 is 11.9. The lowest BCUT2D eigenvalue weighted by molar-refractivity contribution is -0.843. The maximum absolute atomic E-state index is 10.7. The third kappa shape index (κ3) is 5.13. The van der Waals surface area contributed by atoms with Crippen LogP contribution in [0.4, 0.5) is 4.79 Å². The zero-order chi connectivity index (χ0) is 12.1. The van der Waals surface area contributed by atoms with Gasteiger partial charge in [-0.05, 0) is 24.6 Å². The second kappa shape index (κ2) is 7.77. The summed E-state index contributed by atoms with van der Waals surface area (Å²) in [5.41, 5.74) is 0.860. The second-order valence-electron chi connectivity index (χ2n) is 3.47. The molecule has 0 saturated heterocycles. The van der Waals surface area contributed by atoms with E-state index in [1.807, 2.05) is 0 Å². The molecular formula is C11H13Cl3NO2-. The van der Waals surface area contributed by atoms with Gasteiger partial charge in [-0.15, -0.1) is 11.6 Å². The zero-order valence-corrected chi connectivity index (χ0v) is 11.5. The minimum absolute atomic E-state index is 0. The number of halogens is 3. The number of carbonyl (C=O) groups excluding carboxylic acids is 1. The summed E-state index contributed by atoms with van der Waals surface area (Å²) in [6.45, 7) is 2.51. The molecule has 17 heavy (non-hydrogen) atoms. The smallest absolute Gasteiger partial charge is 0.255 e. The second-order valence-corrected chi connectivity index (χ2v) is 4.43. The van der Waals surface area contributed by atoms with E-state index >= 15 is 0 Å². The van der Waals surface area contributed by atoms with Crippen LogP contribution >= 0.6 is 23.2 Å². The van der Waals surface area contributed by atoms with Gasteiger partial charge in [-0.2, -0.15) is 0 Å². The summed E-state index contributed by atoms with van der Waals surface area (Å²) in [6.07, 6.45) is -1.12. The minimum atomic E-state index is -1.12. The molecule has 0 aliphatic heterocycles. The number of hydrogen-bond donors (Lipinski definition) is 1. The molecule has 1 aromatic rings. The van der Waals surface area contributed by atoms with Crippen molar-refractivity contribution in [1.82, 2.24) is 0 Å². The normalized spacial score (nSPS) is 13.6. The molecule has 0 radical (unpaired) electrons. The Hall–Kier alpha value is -0.480. The van der Waals surface area contributed by atoms with E-state index in [2.05, 4.69) is 0 Å². The van der Waals surface area contributed by atoms with Crippen molar-refractivity contribution >= 4 is 29.3 Å². The highest BCUT2D eigenvalue weighted by atomic mass is 35.5. The maximum Gasteiger partial charge on any atom is 0.255 e. The molecule has 0 spiro atoms. The fourth-order valence-electron chi connectivity index (χ4n) is 1.38. The molecule has 0 saturated carbocycles. The lowest BCUT2D eigenvalue weighted by Gasteiger charge is -2.19. The Bertz CT molecular complexity index is 356. The lowest BCUT2D eigenvalue weighted by atomic mass is 10.1.